The summed E-state index contributed by atoms with van der Waals surface area (Å²) in [5.74, 6) is 0. The standard InChI is InChI=1S/C13H21N3O3S/c1-2-19-11-5-8-16(9-6-11)20(17,18)13-4-3-7-15-12(13)10-14/h3-4,7,11H,2,5-6,8-10,14H2,1H3. The molecule has 0 bridgehead atoms. The molecule has 1 aliphatic heterocycles. The van der Waals surface area contributed by atoms with Crippen LogP contribution in [-0.4, -0.2) is 43.5 Å². The van der Waals surface area contributed by atoms with Gasteiger partial charge in [0.1, 0.15) is 4.90 Å². The zero-order valence-electron chi connectivity index (χ0n) is 11.7. The average molecular weight is 299 g/mol. The first-order chi connectivity index (χ1) is 9.59. The number of nitrogens with two attached hydrogens (primary N) is 1. The molecule has 2 rings (SSSR count). The summed E-state index contributed by atoms with van der Waals surface area (Å²) in [5, 5.41) is 0. The van der Waals surface area contributed by atoms with Crippen molar-refractivity contribution in [3.63, 3.8) is 0 Å². The molecule has 0 aliphatic carbocycles. The predicted molar refractivity (Wildman–Crippen MR) is 75.5 cm³/mol. The minimum atomic E-state index is -3.51. The highest BCUT2D eigenvalue weighted by Gasteiger charge is 2.31. The Morgan fingerprint density at radius 1 is 1.45 bits per heavy atom. The number of pyridine rings is 1. The van der Waals surface area contributed by atoms with Crippen molar-refractivity contribution >= 4 is 10.0 Å². The number of aromatic nitrogens is 1. The first-order valence-corrected chi connectivity index (χ1v) is 8.29. The molecule has 20 heavy (non-hydrogen) atoms. The fourth-order valence-electron chi connectivity index (χ4n) is 2.43. The molecule has 0 unspecified atom stereocenters. The minimum absolute atomic E-state index is 0.116. The largest absolute Gasteiger partial charge is 0.378 e. The molecule has 1 aliphatic rings. The number of sulfonamides is 1. The van der Waals surface area contributed by atoms with E-state index in [4.69, 9.17) is 10.5 Å². The number of hydrogen-bond acceptors (Lipinski definition) is 5. The van der Waals surface area contributed by atoms with Crippen LogP contribution in [0.4, 0.5) is 0 Å². The second-order valence-corrected chi connectivity index (χ2v) is 6.62. The maximum absolute atomic E-state index is 12.6. The Bertz CT molecular complexity index is 540. The molecule has 0 amide bonds. The Morgan fingerprint density at radius 2 is 2.15 bits per heavy atom. The van der Waals surface area contributed by atoms with E-state index < -0.39 is 10.0 Å². The van der Waals surface area contributed by atoms with Crippen molar-refractivity contribution in [1.82, 2.24) is 9.29 Å². The van der Waals surface area contributed by atoms with Gasteiger partial charge in [0.05, 0.1) is 11.8 Å². The third kappa shape index (κ3) is 3.17. The molecule has 1 aromatic heterocycles. The zero-order valence-corrected chi connectivity index (χ0v) is 12.5. The van der Waals surface area contributed by atoms with Crippen LogP contribution in [0.25, 0.3) is 0 Å². The van der Waals surface area contributed by atoms with Crippen LogP contribution in [0.3, 0.4) is 0 Å². The molecule has 1 fully saturated rings. The Balaban J connectivity index is 2.16. The van der Waals surface area contributed by atoms with Crippen molar-refractivity contribution in [2.75, 3.05) is 19.7 Å². The molecule has 2 N–H and O–H groups in total. The van der Waals surface area contributed by atoms with E-state index >= 15 is 0 Å². The summed E-state index contributed by atoms with van der Waals surface area (Å²) in [6, 6.07) is 3.19. The SMILES string of the molecule is CCOC1CCN(S(=O)(=O)c2cccnc2CN)CC1. The van der Waals surface area contributed by atoms with Crippen molar-refractivity contribution in [1.29, 1.82) is 0 Å². The zero-order chi connectivity index (χ0) is 14.6. The summed E-state index contributed by atoms with van der Waals surface area (Å²) in [4.78, 5) is 4.27. The van der Waals surface area contributed by atoms with E-state index in [9.17, 15) is 8.42 Å². The van der Waals surface area contributed by atoms with Gasteiger partial charge in [-0.05, 0) is 31.9 Å². The Morgan fingerprint density at radius 3 is 2.75 bits per heavy atom. The van der Waals surface area contributed by atoms with E-state index in [1.54, 1.807) is 18.3 Å². The first kappa shape index (κ1) is 15.4. The van der Waals surface area contributed by atoms with E-state index in [0.717, 1.165) is 12.8 Å². The van der Waals surface area contributed by atoms with Crippen molar-refractivity contribution in [3.8, 4) is 0 Å². The summed E-state index contributed by atoms with van der Waals surface area (Å²) in [7, 11) is -3.51. The van der Waals surface area contributed by atoms with Gasteiger partial charge in [0.2, 0.25) is 10.0 Å². The van der Waals surface area contributed by atoms with Gasteiger partial charge in [-0.25, -0.2) is 8.42 Å². The minimum Gasteiger partial charge on any atom is -0.378 e. The summed E-state index contributed by atoms with van der Waals surface area (Å²) in [6.45, 7) is 3.69. The van der Waals surface area contributed by atoms with Gasteiger partial charge < -0.3 is 10.5 Å². The van der Waals surface area contributed by atoms with E-state index in [2.05, 4.69) is 4.98 Å². The molecule has 112 valence electrons. The van der Waals surface area contributed by atoms with Crippen LogP contribution in [0.15, 0.2) is 23.2 Å². The van der Waals surface area contributed by atoms with Gasteiger partial charge in [0.25, 0.3) is 0 Å². The molecule has 0 spiro atoms. The van der Waals surface area contributed by atoms with Crippen molar-refractivity contribution in [2.45, 2.75) is 37.3 Å². The van der Waals surface area contributed by atoms with Crippen LogP contribution >= 0.6 is 0 Å². The molecule has 0 saturated carbocycles. The fraction of sp³-hybridized carbons (Fsp3) is 0.615. The third-order valence-corrected chi connectivity index (χ3v) is 5.44. The summed E-state index contributed by atoms with van der Waals surface area (Å²) in [5.41, 5.74) is 5.99. The highest BCUT2D eigenvalue weighted by atomic mass is 32.2. The number of nitrogens with zero attached hydrogens (tertiary/aromatic N) is 2. The monoisotopic (exact) mass is 299 g/mol. The van der Waals surface area contributed by atoms with Crippen LogP contribution in [-0.2, 0) is 21.3 Å². The van der Waals surface area contributed by atoms with Crippen LogP contribution in [0, 0.1) is 0 Å². The molecule has 7 heteroatoms. The van der Waals surface area contributed by atoms with Crippen LogP contribution in [0.2, 0.25) is 0 Å². The van der Waals surface area contributed by atoms with E-state index in [0.29, 0.717) is 25.4 Å². The maximum Gasteiger partial charge on any atom is 0.244 e. The summed E-state index contributed by atoms with van der Waals surface area (Å²) < 4.78 is 32.3. The van der Waals surface area contributed by atoms with Crippen LogP contribution < -0.4 is 5.73 Å². The van der Waals surface area contributed by atoms with Gasteiger partial charge in [-0.1, -0.05) is 0 Å². The third-order valence-electron chi connectivity index (χ3n) is 3.46. The Labute approximate surface area is 120 Å². The number of hydrogen-bond donors (Lipinski definition) is 1. The molecule has 1 aromatic rings. The highest BCUT2D eigenvalue weighted by Crippen LogP contribution is 2.23. The Hall–Kier alpha value is -1.02. The van der Waals surface area contributed by atoms with Crippen LogP contribution in [0.5, 0.6) is 0 Å². The average Bonchev–Trinajstić information content (AvgIpc) is 2.48. The van der Waals surface area contributed by atoms with Gasteiger partial charge in [-0.15, -0.1) is 0 Å². The number of ether oxygens (including phenoxy) is 1. The quantitative estimate of drug-likeness (QED) is 0.866. The van der Waals surface area contributed by atoms with Gasteiger partial charge in [0.15, 0.2) is 0 Å². The lowest BCUT2D eigenvalue weighted by Crippen LogP contribution is -2.41. The molecule has 0 aromatic carbocycles. The topological polar surface area (TPSA) is 85.5 Å². The second-order valence-electron chi connectivity index (χ2n) is 4.71. The summed E-state index contributed by atoms with van der Waals surface area (Å²) >= 11 is 0. The van der Waals surface area contributed by atoms with Gasteiger partial charge in [0, 0.05) is 32.4 Å². The molecular weight excluding hydrogens is 278 g/mol. The van der Waals surface area contributed by atoms with E-state index in [1.165, 1.54) is 4.31 Å². The van der Waals surface area contributed by atoms with Crippen molar-refractivity contribution in [2.24, 2.45) is 5.73 Å². The normalized spacial score (nSPS) is 18.3. The molecule has 6 nitrogen and oxygen atoms in total. The summed E-state index contributed by atoms with van der Waals surface area (Å²) in [6.07, 6.45) is 3.17. The smallest absolute Gasteiger partial charge is 0.244 e. The molecule has 2 heterocycles. The Kier molecular flexibility index (Phi) is 5.09. The van der Waals surface area contributed by atoms with Gasteiger partial charge in [-0.2, -0.15) is 4.31 Å². The molecule has 0 atom stereocenters. The molecule has 0 radical (unpaired) electrons. The molecule has 1 saturated heterocycles. The number of rotatable bonds is 5. The van der Waals surface area contributed by atoms with E-state index in [-0.39, 0.29) is 17.5 Å². The number of piperidine rings is 1. The van der Waals surface area contributed by atoms with Gasteiger partial charge in [-0.3, -0.25) is 4.98 Å². The highest BCUT2D eigenvalue weighted by molar-refractivity contribution is 7.89. The van der Waals surface area contributed by atoms with Crippen molar-refractivity contribution < 1.29 is 13.2 Å². The second kappa shape index (κ2) is 6.62. The lowest BCUT2D eigenvalue weighted by molar-refractivity contribution is 0.0290. The fourth-order valence-corrected chi connectivity index (χ4v) is 4.08. The lowest BCUT2D eigenvalue weighted by Gasteiger charge is -2.31. The van der Waals surface area contributed by atoms with E-state index in [1.807, 2.05) is 6.92 Å². The van der Waals surface area contributed by atoms with Crippen molar-refractivity contribution in [3.05, 3.63) is 24.0 Å². The lowest BCUT2D eigenvalue weighted by atomic mass is 10.1. The predicted octanol–water partition coefficient (Wildman–Crippen LogP) is 0.730. The van der Waals surface area contributed by atoms with Crippen LogP contribution in [0.1, 0.15) is 25.5 Å². The maximum atomic E-state index is 12.6. The van der Waals surface area contributed by atoms with Gasteiger partial charge >= 0.3 is 0 Å². The molecular formula is C13H21N3O3S. The first-order valence-electron chi connectivity index (χ1n) is 6.85.